The Hall–Kier alpha value is -2.29. The third-order valence-corrected chi connectivity index (χ3v) is 3.01. The summed E-state index contributed by atoms with van der Waals surface area (Å²) in [5.41, 5.74) is 0.103. The number of carbonyl (C=O) groups is 1. The van der Waals surface area contributed by atoms with E-state index in [0.29, 0.717) is 18.7 Å². The van der Waals surface area contributed by atoms with Crippen LogP contribution in [0.1, 0.15) is 6.92 Å². The minimum atomic E-state index is -0.969. The molecular weight excluding hydrogens is 252 g/mol. The van der Waals surface area contributed by atoms with Crippen molar-refractivity contribution in [2.24, 2.45) is 0 Å². The van der Waals surface area contributed by atoms with E-state index in [9.17, 15) is 4.79 Å². The third kappa shape index (κ3) is 2.08. The fraction of sp³-hybridized carbons (Fsp3) is 0.500. The molecule has 0 amide bonds. The second kappa shape index (κ2) is 4.12. The summed E-state index contributed by atoms with van der Waals surface area (Å²) in [5.74, 6) is -0.206. The topological polar surface area (TPSA) is 106 Å². The van der Waals surface area contributed by atoms with E-state index in [-0.39, 0.29) is 6.61 Å². The van der Waals surface area contributed by atoms with Crippen molar-refractivity contribution in [2.45, 2.75) is 12.5 Å². The van der Waals surface area contributed by atoms with E-state index in [1.165, 1.54) is 0 Å². The molecule has 0 saturated carbocycles. The van der Waals surface area contributed by atoms with Crippen LogP contribution in [0.4, 0.5) is 5.82 Å². The maximum Gasteiger partial charge on any atom is 0.329 e. The molecule has 0 bridgehead atoms. The molecule has 1 fully saturated rings. The number of ether oxygens (including phenoxy) is 1. The molecule has 1 aliphatic heterocycles. The number of rotatable bonds is 4. The van der Waals surface area contributed by atoms with Crippen molar-refractivity contribution in [3.63, 3.8) is 0 Å². The largest absolute Gasteiger partial charge is 0.480 e. The average molecular weight is 264 g/mol. The highest BCUT2D eigenvalue weighted by Gasteiger charge is 2.41. The predicted octanol–water partition coefficient (Wildman–Crippen LogP) is -0.801. The zero-order valence-electron chi connectivity index (χ0n) is 10.2. The number of aromatic nitrogens is 5. The Balaban J connectivity index is 1.73. The van der Waals surface area contributed by atoms with Gasteiger partial charge < -0.3 is 14.7 Å². The number of tetrazole rings is 1. The molecule has 1 saturated heterocycles. The van der Waals surface area contributed by atoms with Crippen molar-refractivity contribution in [3.05, 3.63) is 12.4 Å². The first-order chi connectivity index (χ1) is 9.07. The molecule has 0 aliphatic carbocycles. The van der Waals surface area contributed by atoms with E-state index >= 15 is 0 Å². The number of carboxylic acid groups (broad SMARTS) is 1. The van der Waals surface area contributed by atoms with Crippen LogP contribution in [0.15, 0.2) is 12.4 Å². The van der Waals surface area contributed by atoms with E-state index in [0.717, 1.165) is 5.82 Å². The molecule has 0 radical (unpaired) electrons. The number of hydrogen-bond acceptors (Lipinski definition) is 7. The van der Waals surface area contributed by atoms with Gasteiger partial charge in [0.2, 0.25) is 0 Å². The molecule has 0 atom stereocenters. The summed E-state index contributed by atoms with van der Waals surface area (Å²) in [6, 6.07) is 0. The summed E-state index contributed by atoms with van der Waals surface area (Å²) in [6.45, 7) is 2.72. The van der Waals surface area contributed by atoms with Crippen molar-refractivity contribution in [2.75, 3.05) is 24.6 Å². The molecule has 0 aromatic carbocycles. The lowest BCUT2D eigenvalue weighted by atomic mass is 9.96. The summed E-state index contributed by atoms with van der Waals surface area (Å²) in [6.07, 6.45) is 3.24. The van der Waals surface area contributed by atoms with Crippen LogP contribution in [0, 0.1) is 0 Å². The highest BCUT2D eigenvalue weighted by molar-refractivity contribution is 5.68. The van der Waals surface area contributed by atoms with Gasteiger partial charge in [0.25, 0.3) is 0 Å². The summed E-state index contributed by atoms with van der Waals surface area (Å²) >= 11 is 0. The van der Waals surface area contributed by atoms with Crippen LogP contribution >= 0.6 is 0 Å². The van der Waals surface area contributed by atoms with E-state index < -0.39 is 11.6 Å². The SMILES string of the molecule is CC1(OCC(=O)O)CN(c2cncc3nnnn23)C1. The molecule has 2 aromatic rings. The van der Waals surface area contributed by atoms with Crippen LogP contribution in [0.2, 0.25) is 0 Å². The maximum atomic E-state index is 10.5. The average Bonchev–Trinajstić information content (AvgIpc) is 2.81. The van der Waals surface area contributed by atoms with Crippen molar-refractivity contribution >= 4 is 17.4 Å². The van der Waals surface area contributed by atoms with Gasteiger partial charge in [-0.1, -0.05) is 0 Å². The van der Waals surface area contributed by atoms with Crippen LogP contribution < -0.4 is 4.90 Å². The first kappa shape index (κ1) is 11.8. The monoisotopic (exact) mass is 264 g/mol. The number of anilines is 1. The predicted molar refractivity (Wildman–Crippen MR) is 62.8 cm³/mol. The Morgan fingerprint density at radius 1 is 1.53 bits per heavy atom. The number of nitrogens with zero attached hydrogens (tertiary/aromatic N) is 6. The van der Waals surface area contributed by atoms with Crippen LogP contribution in [0.25, 0.3) is 5.65 Å². The molecule has 0 spiro atoms. The highest BCUT2D eigenvalue weighted by Crippen LogP contribution is 2.29. The standard InChI is InChI=1S/C10H12N6O3/c1-10(19-4-9(17)18)5-15(6-10)8-3-11-2-7-12-13-14-16(7)8/h2-3H,4-6H2,1H3,(H,17,18). The van der Waals surface area contributed by atoms with E-state index in [1.54, 1.807) is 16.9 Å². The Labute approximate surface area is 107 Å². The Morgan fingerprint density at radius 3 is 3.05 bits per heavy atom. The van der Waals surface area contributed by atoms with Gasteiger partial charge in [0.1, 0.15) is 12.2 Å². The molecule has 1 N–H and O–H groups in total. The minimum absolute atomic E-state index is 0.294. The van der Waals surface area contributed by atoms with Gasteiger partial charge in [-0.25, -0.2) is 4.79 Å². The van der Waals surface area contributed by atoms with E-state index in [2.05, 4.69) is 20.5 Å². The van der Waals surface area contributed by atoms with Gasteiger partial charge in [-0.15, -0.1) is 5.10 Å². The quantitative estimate of drug-likeness (QED) is 0.765. The van der Waals surface area contributed by atoms with Gasteiger partial charge in [-0.2, -0.15) is 4.52 Å². The molecule has 3 rings (SSSR count). The molecule has 19 heavy (non-hydrogen) atoms. The van der Waals surface area contributed by atoms with Crippen LogP contribution in [-0.4, -0.2) is 61.4 Å². The maximum absolute atomic E-state index is 10.5. The van der Waals surface area contributed by atoms with E-state index in [4.69, 9.17) is 9.84 Å². The van der Waals surface area contributed by atoms with Crippen molar-refractivity contribution < 1.29 is 14.6 Å². The third-order valence-electron chi connectivity index (χ3n) is 3.01. The van der Waals surface area contributed by atoms with Gasteiger partial charge in [0, 0.05) is 0 Å². The summed E-state index contributed by atoms with van der Waals surface area (Å²) < 4.78 is 6.94. The molecule has 100 valence electrons. The second-order valence-electron chi connectivity index (χ2n) is 4.70. The van der Waals surface area contributed by atoms with Gasteiger partial charge in [0.05, 0.1) is 25.5 Å². The first-order valence-electron chi connectivity index (χ1n) is 5.70. The van der Waals surface area contributed by atoms with Crippen LogP contribution in [0.3, 0.4) is 0 Å². The summed E-state index contributed by atoms with van der Waals surface area (Å²) in [4.78, 5) is 16.6. The molecular formula is C10H12N6O3. The lowest BCUT2D eigenvalue weighted by Gasteiger charge is -2.47. The Morgan fingerprint density at radius 2 is 2.32 bits per heavy atom. The smallest absolute Gasteiger partial charge is 0.329 e. The van der Waals surface area contributed by atoms with Crippen molar-refractivity contribution in [1.82, 2.24) is 25.0 Å². The first-order valence-corrected chi connectivity index (χ1v) is 5.70. The molecule has 1 aliphatic rings. The Kier molecular flexibility index (Phi) is 2.56. The Bertz CT molecular complexity index is 621. The fourth-order valence-corrected chi connectivity index (χ4v) is 2.13. The molecule has 9 nitrogen and oxygen atoms in total. The van der Waals surface area contributed by atoms with Crippen LogP contribution in [-0.2, 0) is 9.53 Å². The normalized spacial score (nSPS) is 17.4. The molecule has 9 heteroatoms. The van der Waals surface area contributed by atoms with Crippen molar-refractivity contribution in [3.8, 4) is 0 Å². The summed E-state index contributed by atoms with van der Waals surface area (Å²) in [7, 11) is 0. The number of carboxylic acids is 1. The minimum Gasteiger partial charge on any atom is -0.480 e. The summed E-state index contributed by atoms with van der Waals surface area (Å²) in [5, 5.41) is 19.9. The number of fused-ring (bicyclic) bond motifs is 1. The second-order valence-corrected chi connectivity index (χ2v) is 4.70. The lowest BCUT2D eigenvalue weighted by Crippen LogP contribution is -2.62. The van der Waals surface area contributed by atoms with Gasteiger partial charge in [-0.05, 0) is 17.4 Å². The van der Waals surface area contributed by atoms with Crippen LogP contribution in [0.5, 0.6) is 0 Å². The van der Waals surface area contributed by atoms with Gasteiger partial charge in [0.15, 0.2) is 11.5 Å². The molecule has 3 heterocycles. The van der Waals surface area contributed by atoms with Crippen molar-refractivity contribution in [1.29, 1.82) is 0 Å². The lowest BCUT2D eigenvalue weighted by molar-refractivity contribution is -0.150. The zero-order chi connectivity index (χ0) is 13.5. The van der Waals surface area contributed by atoms with E-state index in [1.807, 2.05) is 11.8 Å². The van der Waals surface area contributed by atoms with Gasteiger partial charge in [-0.3, -0.25) is 4.98 Å². The number of hydrogen-bond donors (Lipinski definition) is 1. The number of aliphatic carboxylic acids is 1. The fourth-order valence-electron chi connectivity index (χ4n) is 2.13. The van der Waals surface area contributed by atoms with Gasteiger partial charge >= 0.3 is 5.97 Å². The zero-order valence-corrected chi connectivity index (χ0v) is 10.2. The highest BCUT2D eigenvalue weighted by atomic mass is 16.5. The molecule has 0 unspecified atom stereocenters. The molecule has 2 aromatic heterocycles.